The molecule has 2 aromatic carbocycles. The van der Waals surface area contributed by atoms with Gasteiger partial charge in [-0.2, -0.15) is 0 Å². The Morgan fingerprint density at radius 3 is 2.33 bits per heavy atom. The van der Waals surface area contributed by atoms with Gasteiger partial charge in [0.25, 0.3) is 0 Å². The highest BCUT2D eigenvalue weighted by Crippen LogP contribution is 2.19. The van der Waals surface area contributed by atoms with Crippen LogP contribution in [0.25, 0.3) is 0 Å². The molecule has 0 saturated carbocycles. The number of hydrogen-bond acceptors (Lipinski definition) is 3. The fraction of sp³-hybridized carbons (Fsp3) is 0.278. The van der Waals surface area contributed by atoms with Crippen LogP contribution in [0.3, 0.4) is 0 Å². The van der Waals surface area contributed by atoms with Crippen LogP contribution in [0.4, 0.5) is 0 Å². The molecule has 3 nitrogen and oxygen atoms in total. The van der Waals surface area contributed by atoms with Gasteiger partial charge in [-0.15, -0.1) is 0 Å². The Bertz CT molecular complexity index is 600. The molecule has 0 aliphatic carbocycles. The number of methoxy groups -OCH3 is 1. The molecule has 110 valence electrons. The predicted octanol–water partition coefficient (Wildman–Crippen LogP) is 4.08. The molecular weight excluding hydrogens is 264 g/mol. The molecule has 0 amide bonds. The normalized spacial score (nSPS) is 10.5. The standard InChI is InChI=1S/C18H20O3/c1-13(2)14-7-9-15(10-8-14)18(19)12-21-17-6-4-5-16(11-17)20-3/h4-11,13H,12H2,1-3H3. The van der Waals surface area contributed by atoms with Crippen molar-refractivity contribution in [3.05, 3.63) is 59.7 Å². The Hall–Kier alpha value is -2.29. The Morgan fingerprint density at radius 1 is 1.05 bits per heavy atom. The van der Waals surface area contributed by atoms with E-state index in [2.05, 4.69) is 13.8 Å². The van der Waals surface area contributed by atoms with Crippen LogP contribution in [-0.4, -0.2) is 19.5 Å². The third-order valence-corrected chi connectivity index (χ3v) is 3.31. The summed E-state index contributed by atoms with van der Waals surface area (Å²) in [5, 5.41) is 0. The molecule has 21 heavy (non-hydrogen) atoms. The summed E-state index contributed by atoms with van der Waals surface area (Å²) in [6.45, 7) is 4.28. The van der Waals surface area contributed by atoms with Gasteiger partial charge in [-0.1, -0.05) is 44.2 Å². The van der Waals surface area contributed by atoms with Crippen molar-refractivity contribution in [2.24, 2.45) is 0 Å². The van der Waals surface area contributed by atoms with Gasteiger partial charge < -0.3 is 9.47 Å². The molecular formula is C18H20O3. The second kappa shape index (κ2) is 6.93. The SMILES string of the molecule is COc1cccc(OCC(=O)c2ccc(C(C)C)cc2)c1. The van der Waals surface area contributed by atoms with Crippen LogP contribution in [0.5, 0.6) is 11.5 Å². The largest absolute Gasteiger partial charge is 0.497 e. The zero-order valence-electron chi connectivity index (χ0n) is 12.6. The maximum Gasteiger partial charge on any atom is 0.200 e. The Balaban J connectivity index is 1.97. The molecule has 2 rings (SSSR count). The van der Waals surface area contributed by atoms with Gasteiger partial charge in [0.1, 0.15) is 11.5 Å². The number of hydrogen-bond donors (Lipinski definition) is 0. The minimum absolute atomic E-state index is 0.0220. The number of benzene rings is 2. The first-order valence-electron chi connectivity index (χ1n) is 7.00. The molecule has 0 atom stereocenters. The second-order valence-corrected chi connectivity index (χ2v) is 5.17. The highest BCUT2D eigenvalue weighted by atomic mass is 16.5. The summed E-state index contributed by atoms with van der Waals surface area (Å²) >= 11 is 0. The number of rotatable bonds is 6. The minimum Gasteiger partial charge on any atom is -0.497 e. The summed E-state index contributed by atoms with van der Waals surface area (Å²) in [6.07, 6.45) is 0. The van der Waals surface area contributed by atoms with Gasteiger partial charge in [0.2, 0.25) is 0 Å². The maximum absolute atomic E-state index is 12.1. The van der Waals surface area contributed by atoms with Gasteiger partial charge >= 0.3 is 0 Å². The average molecular weight is 284 g/mol. The van der Waals surface area contributed by atoms with Crippen molar-refractivity contribution in [2.45, 2.75) is 19.8 Å². The van der Waals surface area contributed by atoms with Gasteiger partial charge in [-0.25, -0.2) is 0 Å². The molecule has 0 spiro atoms. The van der Waals surface area contributed by atoms with E-state index >= 15 is 0 Å². The number of ether oxygens (including phenoxy) is 2. The van der Waals surface area contributed by atoms with E-state index < -0.39 is 0 Å². The summed E-state index contributed by atoms with van der Waals surface area (Å²) in [5.74, 6) is 1.76. The molecule has 0 unspecified atom stereocenters. The lowest BCUT2D eigenvalue weighted by molar-refractivity contribution is 0.0921. The molecule has 0 heterocycles. The van der Waals surface area contributed by atoms with Crippen molar-refractivity contribution in [2.75, 3.05) is 13.7 Å². The van der Waals surface area contributed by atoms with E-state index in [9.17, 15) is 4.79 Å². The smallest absolute Gasteiger partial charge is 0.200 e. The van der Waals surface area contributed by atoms with Crippen LogP contribution >= 0.6 is 0 Å². The summed E-state index contributed by atoms with van der Waals surface area (Å²) in [4.78, 5) is 12.1. The van der Waals surface area contributed by atoms with Crippen LogP contribution in [0, 0.1) is 0 Å². The number of Topliss-reactive ketones (excluding diaryl/α,β-unsaturated/α-hetero) is 1. The van der Waals surface area contributed by atoms with Crippen molar-refractivity contribution in [1.29, 1.82) is 0 Å². The average Bonchev–Trinajstić information content (AvgIpc) is 2.53. The first-order chi connectivity index (χ1) is 10.1. The lowest BCUT2D eigenvalue weighted by atomic mass is 10.0. The molecule has 0 saturated heterocycles. The van der Waals surface area contributed by atoms with Crippen LogP contribution in [-0.2, 0) is 0 Å². The zero-order chi connectivity index (χ0) is 15.2. The summed E-state index contributed by atoms with van der Waals surface area (Å²) < 4.78 is 10.6. The summed E-state index contributed by atoms with van der Waals surface area (Å²) in [6, 6.07) is 14.9. The monoisotopic (exact) mass is 284 g/mol. The van der Waals surface area contributed by atoms with E-state index in [0.29, 0.717) is 23.0 Å². The minimum atomic E-state index is -0.0341. The second-order valence-electron chi connectivity index (χ2n) is 5.17. The zero-order valence-corrected chi connectivity index (χ0v) is 12.6. The van der Waals surface area contributed by atoms with E-state index in [-0.39, 0.29) is 12.4 Å². The predicted molar refractivity (Wildman–Crippen MR) is 83.4 cm³/mol. The van der Waals surface area contributed by atoms with Crippen molar-refractivity contribution in [3.63, 3.8) is 0 Å². The van der Waals surface area contributed by atoms with E-state index in [0.717, 1.165) is 0 Å². The molecule has 0 N–H and O–H groups in total. The topological polar surface area (TPSA) is 35.5 Å². The van der Waals surface area contributed by atoms with E-state index in [1.54, 1.807) is 19.2 Å². The third-order valence-electron chi connectivity index (χ3n) is 3.31. The Labute approximate surface area is 125 Å². The van der Waals surface area contributed by atoms with Gasteiger partial charge in [0.05, 0.1) is 7.11 Å². The van der Waals surface area contributed by atoms with Crippen molar-refractivity contribution < 1.29 is 14.3 Å². The van der Waals surface area contributed by atoms with Gasteiger partial charge in [0, 0.05) is 11.6 Å². The fourth-order valence-electron chi connectivity index (χ4n) is 1.98. The summed E-state index contributed by atoms with van der Waals surface area (Å²) in [7, 11) is 1.60. The number of carbonyl (C=O) groups excluding carboxylic acids is 1. The lowest BCUT2D eigenvalue weighted by Gasteiger charge is -2.08. The highest BCUT2D eigenvalue weighted by molar-refractivity contribution is 5.97. The van der Waals surface area contributed by atoms with Gasteiger partial charge in [-0.05, 0) is 23.6 Å². The first-order valence-corrected chi connectivity index (χ1v) is 7.00. The molecule has 0 aliphatic rings. The molecule has 0 aliphatic heterocycles. The molecule has 2 aromatic rings. The molecule has 0 bridgehead atoms. The van der Waals surface area contributed by atoms with Gasteiger partial charge in [-0.3, -0.25) is 4.79 Å². The quantitative estimate of drug-likeness (QED) is 0.750. The maximum atomic E-state index is 12.1. The van der Waals surface area contributed by atoms with Crippen molar-refractivity contribution in [1.82, 2.24) is 0 Å². The van der Waals surface area contributed by atoms with Crippen molar-refractivity contribution in [3.8, 4) is 11.5 Å². The summed E-state index contributed by atoms with van der Waals surface area (Å²) in [5.41, 5.74) is 1.89. The molecule has 0 fully saturated rings. The van der Waals surface area contributed by atoms with E-state index in [4.69, 9.17) is 9.47 Å². The first kappa shape index (κ1) is 15.1. The van der Waals surface area contributed by atoms with Gasteiger partial charge in [0.15, 0.2) is 12.4 Å². The van der Waals surface area contributed by atoms with Crippen LogP contribution < -0.4 is 9.47 Å². The highest BCUT2D eigenvalue weighted by Gasteiger charge is 2.08. The van der Waals surface area contributed by atoms with Crippen LogP contribution in [0.1, 0.15) is 35.7 Å². The van der Waals surface area contributed by atoms with Crippen molar-refractivity contribution >= 4 is 5.78 Å². The number of ketones is 1. The van der Waals surface area contributed by atoms with E-state index in [1.807, 2.05) is 36.4 Å². The molecule has 0 radical (unpaired) electrons. The fourth-order valence-corrected chi connectivity index (χ4v) is 1.98. The van der Waals surface area contributed by atoms with Crippen LogP contribution in [0.15, 0.2) is 48.5 Å². The third kappa shape index (κ3) is 4.09. The van der Waals surface area contributed by atoms with Crippen LogP contribution in [0.2, 0.25) is 0 Å². The molecule has 0 aromatic heterocycles. The Kier molecular flexibility index (Phi) is 4.99. The number of carbonyl (C=O) groups is 1. The Morgan fingerprint density at radius 2 is 1.71 bits per heavy atom. The lowest BCUT2D eigenvalue weighted by Crippen LogP contribution is -2.11. The molecule has 3 heteroatoms. The van der Waals surface area contributed by atoms with E-state index in [1.165, 1.54) is 5.56 Å².